The van der Waals surface area contributed by atoms with Crippen LogP contribution in [-0.2, 0) is 11.3 Å². The maximum absolute atomic E-state index is 13.6. The number of amidine groups is 1. The number of benzene rings is 1. The van der Waals surface area contributed by atoms with Crippen molar-refractivity contribution in [3.63, 3.8) is 0 Å². The number of aryl methyl sites for hydroxylation is 2. The second-order valence-electron chi connectivity index (χ2n) is 8.67. The lowest BCUT2D eigenvalue weighted by molar-refractivity contribution is -0.120. The monoisotopic (exact) mass is 429 g/mol. The van der Waals surface area contributed by atoms with Crippen molar-refractivity contribution < 1.29 is 4.79 Å². The smallest absolute Gasteiger partial charge is 0.180 e. The summed E-state index contributed by atoms with van der Waals surface area (Å²) in [4.78, 5) is 18.0. The number of hydrogen-bond acceptors (Lipinski definition) is 4. The number of rotatable bonds is 8. The molecule has 1 aliphatic heterocycles. The lowest BCUT2D eigenvalue weighted by Gasteiger charge is -2.32. The first-order chi connectivity index (χ1) is 15.4. The number of aromatic nitrogens is 2. The molecule has 1 atom stereocenters. The van der Waals surface area contributed by atoms with Crippen LogP contribution in [0, 0.1) is 24.7 Å². The number of allylic oxidation sites excluding steroid dienone is 2. The van der Waals surface area contributed by atoms with Gasteiger partial charge in [0, 0.05) is 36.2 Å². The van der Waals surface area contributed by atoms with Gasteiger partial charge in [0.25, 0.3) is 0 Å². The maximum atomic E-state index is 13.6. The molecule has 0 bridgehead atoms. The first kappa shape index (κ1) is 21.8. The second-order valence-corrected chi connectivity index (χ2v) is 8.67. The molecule has 0 fully saturated rings. The molecule has 0 saturated heterocycles. The quantitative estimate of drug-likeness (QED) is 0.326. The molecule has 166 valence electrons. The summed E-state index contributed by atoms with van der Waals surface area (Å²) >= 11 is 0. The van der Waals surface area contributed by atoms with Crippen molar-refractivity contribution in [2.24, 2.45) is 11.1 Å². The first-order valence-electron chi connectivity index (χ1n) is 11.2. The Kier molecular flexibility index (Phi) is 6.12. The van der Waals surface area contributed by atoms with Gasteiger partial charge in [0.1, 0.15) is 17.1 Å². The Bertz CT molecular complexity index is 1120. The average Bonchev–Trinajstić information content (AvgIpc) is 3.11. The number of ketones is 1. The fraction of sp³-hybridized carbons (Fsp3) is 0.346. The predicted molar refractivity (Wildman–Crippen MR) is 130 cm³/mol. The highest BCUT2D eigenvalue weighted by molar-refractivity contribution is 6.19. The summed E-state index contributed by atoms with van der Waals surface area (Å²) in [6.07, 6.45) is 12.9. The van der Waals surface area contributed by atoms with Gasteiger partial charge in [-0.3, -0.25) is 10.2 Å². The van der Waals surface area contributed by atoms with Crippen LogP contribution in [-0.4, -0.2) is 27.7 Å². The van der Waals surface area contributed by atoms with Crippen molar-refractivity contribution in [1.82, 2.24) is 9.55 Å². The zero-order valence-electron chi connectivity index (χ0n) is 18.8. The number of carbonyl (C=O) groups excluding carboxylic acids is 1. The zero-order valence-corrected chi connectivity index (χ0v) is 18.8. The van der Waals surface area contributed by atoms with Gasteiger partial charge in [0.15, 0.2) is 5.78 Å². The molecular weight excluding hydrogens is 398 g/mol. The third kappa shape index (κ3) is 4.05. The van der Waals surface area contributed by atoms with Crippen LogP contribution in [0.25, 0.3) is 6.08 Å². The molecule has 2 aromatic rings. The fourth-order valence-electron chi connectivity index (χ4n) is 4.65. The molecule has 1 aromatic carbocycles. The summed E-state index contributed by atoms with van der Waals surface area (Å²) in [5.74, 6) is 0.885. The molecule has 0 amide bonds. The van der Waals surface area contributed by atoms with Gasteiger partial charge in [-0.2, -0.15) is 0 Å². The van der Waals surface area contributed by atoms with Crippen molar-refractivity contribution in [2.45, 2.75) is 46.1 Å². The van der Waals surface area contributed by atoms with Crippen LogP contribution in [0.1, 0.15) is 42.8 Å². The Hall–Kier alpha value is -3.41. The lowest BCUT2D eigenvalue weighted by Crippen LogP contribution is -2.44. The highest BCUT2D eigenvalue weighted by Gasteiger charge is 2.42. The molecule has 0 radical (unpaired) electrons. The van der Waals surface area contributed by atoms with Gasteiger partial charge in [-0.1, -0.05) is 49.3 Å². The van der Waals surface area contributed by atoms with Crippen molar-refractivity contribution >= 4 is 23.4 Å². The number of para-hydroxylation sites is 1. The van der Waals surface area contributed by atoms with Gasteiger partial charge < -0.3 is 15.6 Å². The number of Topliss-reactive ketones (excluding diaryl/α,β-unsaturated/α-hetero) is 1. The van der Waals surface area contributed by atoms with E-state index in [4.69, 9.17) is 11.1 Å². The van der Waals surface area contributed by atoms with E-state index in [1.54, 1.807) is 0 Å². The third-order valence-electron chi connectivity index (χ3n) is 6.59. The number of carbonyl (C=O) groups is 1. The van der Waals surface area contributed by atoms with Crippen molar-refractivity contribution in [1.29, 1.82) is 5.41 Å². The van der Waals surface area contributed by atoms with E-state index >= 15 is 0 Å². The molecule has 6 heteroatoms. The molecule has 2 aliphatic rings. The topological polar surface area (TPSA) is 96.8 Å². The summed E-state index contributed by atoms with van der Waals surface area (Å²) in [7, 11) is 0. The molecule has 4 rings (SSSR count). The molecule has 2 heterocycles. The Morgan fingerprint density at radius 2 is 2.06 bits per heavy atom. The first-order valence-corrected chi connectivity index (χ1v) is 11.2. The SMILES string of the molecule is Cc1cnc(C)n1CCCCCC1(C(=N)N)C=CC=C(C2=Cc3ccccc3NC2)C1=O. The Morgan fingerprint density at radius 3 is 2.81 bits per heavy atom. The highest BCUT2D eigenvalue weighted by atomic mass is 16.1. The molecule has 6 nitrogen and oxygen atoms in total. The number of nitrogens with two attached hydrogens (primary N) is 1. The van der Waals surface area contributed by atoms with Crippen LogP contribution in [0.5, 0.6) is 0 Å². The number of hydrogen-bond donors (Lipinski definition) is 3. The van der Waals surface area contributed by atoms with E-state index in [0.29, 0.717) is 18.5 Å². The van der Waals surface area contributed by atoms with Crippen molar-refractivity contribution in [3.05, 3.63) is 76.9 Å². The largest absolute Gasteiger partial charge is 0.387 e. The van der Waals surface area contributed by atoms with Gasteiger partial charge in [-0.15, -0.1) is 0 Å². The minimum absolute atomic E-state index is 0.0683. The minimum atomic E-state index is -1.05. The number of imidazole rings is 1. The molecule has 32 heavy (non-hydrogen) atoms. The summed E-state index contributed by atoms with van der Waals surface area (Å²) in [5, 5.41) is 11.7. The normalized spacial score (nSPS) is 19.8. The number of nitrogens with zero attached hydrogens (tertiary/aromatic N) is 2. The van der Waals surface area contributed by atoms with E-state index < -0.39 is 5.41 Å². The standard InChI is InChI=1S/C26H31N5O/c1-18-16-29-19(2)31(18)14-7-3-6-12-26(25(27)28)13-8-10-22(24(26)32)21-15-20-9-4-5-11-23(20)30-17-21/h4-5,8-11,13,15-16,30H,3,6-7,12,14,17H2,1-2H3,(H3,27,28). The van der Waals surface area contributed by atoms with E-state index in [1.165, 1.54) is 5.69 Å². The maximum Gasteiger partial charge on any atom is 0.180 e. The number of fused-ring (bicyclic) bond motifs is 1. The van der Waals surface area contributed by atoms with Crippen molar-refractivity contribution in [2.75, 3.05) is 11.9 Å². The van der Waals surface area contributed by atoms with Crippen LogP contribution in [0.2, 0.25) is 0 Å². The molecule has 0 spiro atoms. The van der Waals surface area contributed by atoms with E-state index in [0.717, 1.165) is 48.5 Å². The van der Waals surface area contributed by atoms with Crippen LogP contribution in [0.3, 0.4) is 0 Å². The third-order valence-corrected chi connectivity index (χ3v) is 6.59. The van der Waals surface area contributed by atoms with Crippen LogP contribution >= 0.6 is 0 Å². The van der Waals surface area contributed by atoms with E-state index in [2.05, 4.69) is 27.9 Å². The van der Waals surface area contributed by atoms with E-state index in [-0.39, 0.29) is 11.6 Å². The lowest BCUT2D eigenvalue weighted by atomic mass is 9.71. The Labute approximate surface area is 189 Å². The van der Waals surface area contributed by atoms with Gasteiger partial charge in [0.2, 0.25) is 0 Å². The van der Waals surface area contributed by atoms with E-state index in [1.807, 2.05) is 55.6 Å². The summed E-state index contributed by atoms with van der Waals surface area (Å²) < 4.78 is 2.22. The van der Waals surface area contributed by atoms with Gasteiger partial charge >= 0.3 is 0 Å². The van der Waals surface area contributed by atoms with Gasteiger partial charge in [-0.25, -0.2) is 4.98 Å². The average molecular weight is 430 g/mol. The van der Waals surface area contributed by atoms with Gasteiger partial charge in [0.05, 0.1) is 0 Å². The van der Waals surface area contributed by atoms with Crippen LogP contribution in [0.15, 0.2) is 59.8 Å². The molecule has 4 N–H and O–H groups in total. The molecular formula is C26H31N5O. The number of anilines is 1. The number of unbranched alkanes of at least 4 members (excludes halogenated alkanes) is 2. The molecule has 1 aromatic heterocycles. The number of nitrogens with one attached hydrogen (secondary N) is 2. The zero-order chi connectivity index (χ0) is 22.7. The Balaban J connectivity index is 1.44. The minimum Gasteiger partial charge on any atom is -0.387 e. The van der Waals surface area contributed by atoms with Gasteiger partial charge in [-0.05, 0) is 50.0 Å². The van der Waals surface area contributed by atoms with Crippen LogP contribution in [0.4, 0.5) is 5.69 Å². The Morgan fingerprint density at radius 1 is 1.25 bits per heavy atom. The molecule has 1 unspecified atom stereocenters. The predicted octanol–water partition coefficient (Wildman–Crippen LogP) is 4.56. The summed E-state index contributed by atoms with van der Waals surface area (Å²) in [6, 6.07) is 8.05. The summed E-state index contributed by atoms with van der Waals surface area (Å²) in [6.45, 7) is 5.58. The van der Waals surface area contributed by atoms with Crippen molar-refractivity contribution in [3.8, 4) is 0 Å². The summed E-state index contributed by atoms with van der Waals surface area (Å²) in [5.41, 5.74) is 9.86. The highest BCUT2D eigenvalue weighted by Crippen LogP contribution is 2.38. The molecule has 0 saturated carbocycles. The molecule has 1 aliphatic carbocycles. The van der Waals surface area contributed by atoms with Crippen LogP contribution < -0.4 is 11.1 Å². The fourth-order valence-corrected chi connectivity index (χ4v) is 4.65. The van der Waals surface area contributed by atoms with E-state index in [9.17, 15) is 4.79 Å². The second kappa shape index (κ2) is 8.99.